The molecule has 0 bridgehead atoms. The number of piperazine rings is 1. The number of hydrogen-bond acceptors (Lipinski definition) is 5. The van der Waals surface area contributed by atoms with Gasteiger partial charge in [-0.1, -0.05) is 12.1 Å². The number of nitro benzene ring substituents is 1. The van der Waals surface area contributed by atoms with Crippen molar-refractivity contribution in [1.29, 1.82) is 0 Å². The minimum absolute atomic E-state index is 0.000880. The van der Waals surface area contributed by atoms with Crippen LogP contribution in [0.1, 0.15) is 29.3 Å². The maximum atomic E-state index is 12.8. The monoisotopic (exact) mass is 435 g/mol. The van der Waals surface area contributed by atoms with Crippen molar-refractivity contribution >= 4 is 28.2 Å². The SMILES string of the molecule is Cc1cccc(N2CCN(CCC(C)NC(=O)c3c[nH]c4ccc([N+](=O)[O-])cc34)CC2)c1. The summed E-state index contributed by atoms with van der Waals surface area (Å²) in [6.45, 7) is 9.03. The van der Waals surface area contributed by atoms with Gasteiger partial charge in [0, 0.05) is 73.7 Å². The second-order valence-corrected chi connectivity index (χ2v) is 8.52. The van der Waals surface area contributed by atoms with Gasteiger partial charge >= 0.3 is 0 Å². The second-order valence-electron chi connectivity index (χ2n) is 8.52. The Bertz CT molecular complexity index is 1120. The molecule has 0 radical (unpaired) electrons. The van der Waals surface area contributed by atoms with Crippen LogP contribution in [-0.2, 0) is 0 Å². The molecule has 1 saturated heterocycles. The first-order chi connectivity index (χ1) is 15.4. The summed E-state index contributed by atoms with van der Waals surface area (Å²) in [6, 6.07) is 13.1. The molecule has 2 N–H and O–H groups in total. The van der Waals surface area contributed by atoms with Gasteiger partial charge in [-0.3, -0.25) is 19.8 Å². The Morgan fingerprint density at radius 2 is 1.97 bits per heavy atom. The first kappa shape index (κ1) is 21.8. The number of aromatic nitrogens is 1. The van der Waals surface area contributed by atoms with Gasteiger partial charge in [-0.05, 0) is 44.0 Å². The summed E-state index contributed by atoms with van der Waals surface area (Å²) in [4.78, 5) is 31.3. The molecule has 8 heteroatoms. The Morgan fingerprint density at radius 3 is 2.69 bits per heavy atom. The fraction of sp³-hybridized carbons (Fsp3) is 0.375. The number of amides is 1. The van der Waals surface area contributed by atoms with Crippen LogP contribution in [-0.4, -0.2) is 59.5 Å². The van der Waals surface area contributed by atoms with Crippen molar-refractivity contribution in [2.75, 3.05) is 37.6 Å². The Hall–Kier alpha value is -3.39. The standard InChI is InChI=1S/C24H29N5O3/c1-17-4-3-5-19(14-17)28-12-10-27(11-13-28)9-8-18(2)26-24(30)22-16-25-23-7-6-20(29(31)32)15-21(22)23/h3-7,14-16,18,25H,8-13H2,1-2H3,(H,26,30). The lowest BCUT2D eigenvalue weighted by Gasteiger charge is -2.36. The molecule has 168 valence electrons. The van der Waals surface area contributed by atoms with E-state index in [1.165, 1.54) is 23.4 Å². The van der Waals surface area contributed by atoms with E-state index < -0.39 is 4.92 Å². The minimum atomic E-state index is -0.449. The molecule has 32 heavy (non-hydrogen) atoms. The summed E-state index contributed by atoms with van der Waals surface area (Å²) in [6.07, 6.45) is 2.46. The molecule has 1 amide bonds. The van der Waals surface area contributed by atoms with Gasteiger partial charge in [0.2, 0.25) is 0 Å². The number of nitrogens with one attached hydrogen (secondary N) is 2. The Labute approximate surface area is 187 Å². The highest BCUT2D eigenvalue weighted by atomic mass is 16.6. The number of H-pyrrole nitrogens is 1. The van der Waals surface area contributed by atoms with Gasteiger partial charge in [-0.15, -0.1) is 0 Å². The Morgan fingerprint density at radius 1 is 1.19 bits per heavy atom. The summed E-state index contributed by atoms with van der Waals surface area (Å²) in [7, 11) is 0. The third-order valence-electron chi connectivity index (χ3n) is 6.12. The smallest absolute Gasteiger partial charge is 0.270 e. The van der Waals surface area contributed by atoms with Crippen molar-refractivity contribution in [3.8, 4) is 0 Å². The van der Waals surface area contributed by atoms with Crippen molar-refractivity contribution in [3.05, 3.63) is 69.9 Å². The predicted octanol–water partition coefficient (Wildman–Crippen LogP) is 3.72. The van der Waals surface area contributed by atoms with Crippen LogP contribution in [0.4, 0.5) is 11.4 Å². The molecule has 2 aromatic carbocycles. The number of anilines is 1. The summed E-state index contributed by atoms with van der Waals surface area (Å²) in [5.41, 5.74) is 3.68. The second kappa shape index (κ2) is 9.40. The van der Waals surface area contributed by atoms with Gasteiger partial charge in [0.15, 0.2) is 0 Å². The summed E-state index contributed by atoms with van der Waals surface area (Å²) < 4.78 is 0. The molecule has 1 aromatic heterocycles. The zero-order valence-corrected chi connectivity index (χ0v) is 18.5. The number of benzene rings is 2. The molecule has 4 rings (SSSR count). The number of carbonyl (C=O) groups is 1. The maximum Gasteiger partial charge on any atom is 0.270 e. The van der Waals surface area contributed by atoms with Crippen molar-refractivity contribution < 1.29 is 9.72 Å². The number of hydrogen-bond donors (Lipinski definition) is 2. The quantitative estimate of drug-likeness (QED) is 0.436. The van der Waals surface area contributed by atoms with Crippen LogP contribution in [0.2, 0.25) is 0 Å². The van der Waals surface area contributed by atoms with Crippen LogP contribution in [0.25, 0.3) is 10.9 Å². The van der Waals surface area contributed by atoms with Crippen LogP contribution >= 0.6 is 0 Å². The largest absolute Gasteiger partial charge is 0.369 e. The van der Waals surface area contributed by atoms with E-state index in [0.29, 0.717) is 16.5 Å². The fourth-order valence-corrected chi connectivity index (χ4v) is 4.21. The number of aromatic amines is 1. The number of nitrogens with zero attached hydrogens (tertiary/aromatic N) is 3. The normalized spacial score (nSPS) is 15.6. The molecule has 3 aromatic rings. The molecule has 0 spiro atoms. The molecule has 1 unspecified atom stereocenters. The van der Waals surface area contributed by atoms with Crippen molar-refractivity contribution in [1.82, 2.24) is 15.2 Å². The molecule has 0 saturated carbocycles. The molecule has 0 aliphatic carbocycles. The zero-order chi connectivity index (χ0) is 22.7. The first-order valence-corrected chi connectivity index (χ1v) is 11.0. The summed E-state index contributed by atoms with van der Waals surface area (Å²) >= 11 is 0. The van der Waals surface area contributed by atoms with Gasteiger partial charge < -0.3 is 15.2 Å². The molecule has 8 nitrogen and oxygen atoms in total. The van der Waals surface area contributed by atoms with Crippen LogP contribution in [0, 0.1) is 17.0 Å². The highest BCUT2D eigenvalue weighted by Crippen LogP contribution is 2.24. The first-order valence-electron chi connectivity index (χ1n) is 11.0. The van der Waals surface area contributed by atoms with Crippen molar-refractivity contribution in [2.45, 2.75) is 26.3 Å². The highest BCUT2D eigenvalue weighted by Gasteiger charge is 2.20. The third kappa shape index (κ3) is 4.91. The molecule has 1 fully saturated rings. The number of aryl methyl sites for hydroxylation is 1. The van der Waals surface area contributed by atoms with E-state index in [0.717, 1.165) is 39.1 Å². The fourth-order valence-electron chi connectivity index (χ4n) is 4.21. The maximum absolute atomic E-state index is 12.8. The van der Waals surface area contributed by atoms with Gasteiger partial charge in [0.1, 0.15) is 0 Å². The third-order valence-corrected chi connectivity index (χ3v) is 6.12. The minimum Gasteiger partial charge on any atom is -0.369 e. The Kier molecular flexibility index (Phi) is 6.41. The average molecular weight is 436 g/mol. The van der Waals surface area contributed by atoms with E-state index in [-0.39, 0.29) is 17.6 Å². The number of nitro groups is 1. The lowest BCUT2D eigenvalue weighted by atomic mass is 10.1. The number of carbonyl (C=O) groups excluding carboxylic acids is 1. The number of non-ortho nitro benzene ring substituents is 1. The molecule has 1 aliphatic rings. The van der Waals surface area contributed by atoms with Crippen LogP contribution in [0.15, 0.2) is 48.7 Å². The van der Waals surface area contributed by atoms with Gasteiger partial charge in [0.25, 0.3) is 11.6 Å². The van der Waals surface area contributed by atoms with E-state index in [1.54, 1.807) is 12.3 Å². The molecule has 1 aliphatic heterocycles. The average Bonchev–Trinajstić information content (AvgIpc) is 3.21. The lowest BCUT2D eigenvalue weighted by molar-refractivity contribution is -0.384. The topological polar surface area (TPSA) is 94.5 Å². The van der Waals surface area contributed by atoms with Gasteiger partial charge in [-0.2, -0.15) is 0 Å². The predicted molar refractivity (Wildman–Crippen MR) is 126 cm³/mol. The molecular formula is C24H29N5O3. The summed E-state index contributed by atoms with van der Waals surface area (Å²) in [5, 5.41) is 14.7. The highest BCUT2D eigenvalue weighted by molar-refractivity contribution is 6.07. The summed E-state index contributed by atoms with van der Waals surface area (Å²) in [5.74, 6) is -0.214. The van der Waals surface area contributed by atoms with E-state index in [9.17, 15) is 14.9 Å². The van der Waals surface area contributed by atoms with Gasteiger partial charge in [0.05, 0.1) is 10.5 Å². The molecule has 1 atom stereocenters. The van der Waals surface area contributed by atoms with E-state index in [1.807, 2.05) is 6.92 Å². The molecular weight excluding hydrogens is 406 g/mol. The van der Waals surface area contributed by atoms with Crippen molar-refractivity contribution in [2.24, 2.45) is 0 Å². The molecule has 2 heterocycles. The van der Waals surface area contributed by atoms with Crippen LogP contribution in [0.5, 0.6) is 0 Å². The van der Waals surface area contributed by atoms with Crippen LogP contribution < -0.4 is 10.2 Å². The van der Waals surface area contributed by atoms with E-state index in [2.05, 4.69) is 51.3 Å². The zero-order valence-electron chi connectivity index (χ0n) is 18.5. The number of rotatable bonds is 7. The van der Waals surface area contributed by atoms with Gasteiger partial charge in [-0.25, -0.2) is 0 Å². The number of fused-ring (bicyclic) bond motifs is 1. The van der Waals surface area contributed by atoms with E-state index in [4.69, 9.17) is 0 Å². The lowest BCUT2D eigenvalue weighted by Crippen LogP contribution is -2.47. The Balaban J connectivity index is 1.28. The van der Waals surface area contributed by atoms with E-state index >= 15 is 0 Å². The van der Waals surface area contributed by atoms with Crippen molar-refractivity contribution in [3.63, 3.8) is 0 Å². The van der Waals surface area contributed by atoms with Crippen LogP contribution in [0.3, 0.4) is 0 Å².